The summed E-state index contributed by atoms with van der Waals surface area (Å²) in [7, 11) is 1.73. The molecule has 0 radical (unpaired) electrons. The molecule has 2 rings (SSSR count). The van der Waals surface area contributed by atoms with E-state index in [-0.39, 0.29) is 6.61 Å². The molecule has 0 unspecified atom stereocenters. The SMILES string of the molecule is CCOC(=O)c1cc2c(C(Cl)(Cl)Cl)ccc(OCCCl)c2n1C. The number of fused-ring (bicyclic) bond motifs is 1. The van der Waals surface area contributed by atoms with Gasteiger partial charge in [-0.25, -0.2) is 4.79 Å². The predicted octanol–water partition coefficient (Wildman–Crippen LogP) is 4.80. The van der Waals surface area contributed by atoms with E-state index in [9.17, 15) is 4.79 Å². The smallest absolute Gasteiger partial charge is 0.354 e. The summed E-state index contributed by atoms with van der Waals surface area (Å²) < 4.78 is 10.7. The largest absolute Gasteiger partial charge is 0.490 e. The first-order valence-electron chi connectivity index (χ1n) is 6.86. The number of nitrogens with zero attached hydrogens (tertiary/aromatic N) is 1. The molecule has 1 aromatic carbocycles. The third-order valence-electron chi connectivity index (χ3n) is 3.28. The minimum Gasteiger partial charge on any atom is -0.490 e. The Morgan fingerprint density at radius 2 is 2.00 bits per heavy atom. The van der Waals surface area contributed by atoms with Crippen LogP contribution < -0.4 is 4.74 Å². The van der Waals surface area contributed by atoms with Gasteiger partial charge in [0.05, 0.1) is 18.0 Å². The molecular formula is C15H15Cl4NO3. The number of hydrogen-bond acceptors (Lipinski definition) is 3. The fraction of sp³-hybridized carbons (Fsp3) is 0.400. The van der Waals surface area contributed by atoms with Crippen LogP contribution in [0.4, 0.5) is 0 Å². The van der Waals surface area contributed by atoms with E-state index in [2.05, 4.69) is 0 Å². The third-order valence-corrected chi connectivity index (χ3v) is 4.05. The molecule has 0 N–H and O–H groups in total. The molecule has 1 aromatic heterocycles. The molecule has 126 valence electrons. The van der Waals surface area contributed by atoms with Crippen molar-refractivity contribution in [3.05, 3.63) is 29.5 Å². The Morgan fingerprint density at radius 1 is 1.30 bits per heavy atom. The van der Waals surface area contributed by atoms with Gasteiger partial charge in [-0.15, -0.1) is 11.6 Å². The topological polar surface area (TPSA) is 40.5 Å². The molecule has 0 saturated carbocycles. The van der Waals surface area contributed by atoms with Crippen molar-refractivity contribution in [2.75, 3.05) is 19.1 Å². The first-order valence-corrected chi connectivity index (χ1v) is 8.53. The van der Waals surface area contributed by atoms with Crippen LogP contribution in [0.5, 0.6) is 5.75 Å². The second-order valence-corrected chi connectivity index (χ2v) is 7.38. The summed E-state index contributed by atoms with van der Waals surface area (Å²) in [6, 6.07) is 4.99. The molecule has 0 fully saturated rings. The van der Waals surface area contributed by atoms with Gasteiger partial charge in [0.15, 0.2) is 0 Å². The Balaban J connectivity index is 2.70. The molecule has 0 aliphatic carbocycles. The zero-order valence-electron chi connectivity index (χ0n) is 12.5. The maximum atomic E-state index is 12.1. The van der Waals surface area contributed by atoms with Crippen molar-refractivity contribution in [2.45, 2.75) is 10.7 Å². The number of aryl methyl sites for hydroxylation is 1. The molecule has 0 aliphatic heterocycles. The summed E-state index contributed by atoms with van der Waals surface area (Å²) in [5, 5.41) is 0.614. The van der Waals surface area contributed by atoms with Crippen molar-refractivity contribution in [1.29, 1.82) is 0 Å². The molecule has 23 heavy (non-hydrogen) atoms. The summed E-state index contributed by atoms with van der Waals surface area (Å²) in [5.74, 6) is 0.435. The zero-order chi connectivity index (χ0) is 17.2. The summed E-state index contributed by atoms with van der Waals surface area (Å²) >= 11 is 23.8. The molecule has 0 saturated heterocycles. The van der Waals surface area contributed by atoms with E-state index in [1.54, 1.807) is 36.7 Å². The summed E-state index contributed by atoms with van der Waals surface area (Å²) in [4.78, 5) is 12.1. The van der Waals surface area contributed by atoms with Crippen LogP contribution in [-0.2, 0) is 15.6 Å². The van der Waals surface area contributed by atoms with Crippen molar-refractivity contribution in [3.8, 4) is 5.75 Å². The minimum atomic E-state index is -1.63. The van der Waals surface area contributed by atoms with Crippen LogP contribution in [0.15, 0.2) is 18.2 Å². The molecule has 0 spiro atoms. The number of carbonyl (C=O) groups is 1. The van der Waals surface area contributed by atoms with Gasteiger partial charge in [-0.1, -0.05) is 40.9 Å². The van der Waals surface area contributed by atoms with Gasteiger partial charge in [0.1, 0.15) is 18.1 Å². The summed E-state index contributed by atoms with van der Waals surface area (Å²) in [6.07, 6.45) is 0. The second kappa shape index (κ2) is 7.39. The highest BCUT2D eigenvalue weighted by atomic mass is 35.6. The van der Waals surface area contributed by atoms with E-state index in [1.165, 1.54) is 0 Å². The molecule has 4 nitrogen and oxygen atoms in total. The number of aromatic nitrogens is 1. The van der Waals surface area contributed by atoms with Crippen LogP contribution in [-0.4, -0.2) is 29.6 Å². The molecule has 0 amide bonds. The van der Waals surface area contributed by atoms with E-state index in [1.807, 2.05) is 0 Å². The Kier molecular flexibility index (Phi) is 5.95. The fourth-order valence-electron chi connectivity index (χ4n) is 2.35. The van der Waals surface area contributed by atoms with E-state index in [0.29, 0.717) is 40.4 Å². The van der Waals surface area contributed by atoms with Crippen LogP contribution in [0.2, 0.25) is 0 Å². The molecule has 0 aliphatic rings. The third kappa shape index (κ3) is 3.82. The molecular weight excluding hydrogens is 384 g/mol. The second-order valence-electron chi connectivity index (χ2n) is 4.72. The predicted molar refractivity (Wildman–Crippen MR) is 94.3 cm³/mol. The number of carbonyl (C=O) groups excluding carboxylic acids is 1. The highest BCUT2D eigenvalue weighted by Gasteiger charge is 2.29. The van der Waals surface area contributed by atoms with Crippen molar-refractivity contribution in [3.63, 3.8) is 0 Å². The molecule has 0 atom stereocenters. The van der Waals surface area contributed by atoms with Crippen LogP contribution in [0.1, 0.15) is 23.0 Å². The standard InChI is InChI=1S/C15H15Cl4NO3/c1-3-22-14(21)11-8-9-10(15(17,18)19)4-5-12(23-7-6-16)13(9)20(11)2/h4-5,8H,3,6-7H2,1-2H3. The van der Waals surface area contributed by atoms with Gasteiger partial charge in [0, 0.05) is 18.0 Å². The average molecular weight is 399 g/mol. The maximum Gasteiger partial charge on any atom is 0.354 e. The van der Waals surface area contributed by atoms with E-state index < -0.39 is 9.76 Å². The molecule has 2 aromatic rings. The quantitative estimate of drug-likeness (QED) is 0.536. The molecule has 1 heterocycles. The first-order chi connectivity index (χ1) is 10.8. The van der Waals surface area contributed by atoms with Crippen molar-refractivity contribution in [1.82, 2.24) is 4.57 Å². The van der Waals surface area contributed by atoms with Gasteiger partial charge < -0.3 is 14.0 Å². The maximum absolute atomic E-state index is 12.1. The number of rotatable bonds is 5. The highest BCUT2D eigenvalue weighted by molar-refractivity contribution is 6.67. The lowest BCUT2D eigenvalue weighted by atomic mass is 10.1. The van der Waals surface area contributed by atoms with E-state index >= 15 is 0 Å². The van der Waals surface area contributed by atoms with Crippen LogP contribution in [0.25, 0.3) is 10.9 Å². The lowest BCUT2D eigenvalue weighted by Crippen LogP contribution is -2.10. The number of esters is 1. The van der Waals surface area contributed by atoms with Crippen molar-refractivity contribution >= 4 is 63.3 Å². The zero-order valence-corrected chi connectivity index (χ0v) is 15.6. The van der Waals surface area contributed by atoms with Gasteiger partial charge in [0.25, 0.3) is 0 Å². The van der Waals surface area contributed by atoms with Gasteiger partial charge in [-0.2, -0.15) is 0 Å². The lowest BCUT2D eigenvalue weighted by Gasteiger charge is -2.15. The lowest BCUT2D eigenvalue weighted by molar-refractivity contribution is 0.0516. The first kappa shape index (κ1) is 18.5. The number of alkyl halides is 4. The van der Waals surface area contributed by atoms with Crippen LogP contribution in [0, 0.1) is 0 Å². The van der Waals surface area contributed by atoms with Gasteiger partial charge >= 0.3 is 5.97 Å². The van der Waals surface area contributed by atoms with Gasteiger partial charge in [-0.05, 0) is 19.1 Å². The monoisotopic (exact) mass is 397 g/mol. The Morgan fingerprint density at radius 3 is 2.57 bits per heavy atom. The van der Waals surface area contributed by atoms with E-state index in [0.717, 1.165) is 0 Å². The average Bonchev–Trinajstić information content (AvgIpc) is 2.82. The number of ether oxygens (including phenoxy) is 2. The van der Waals surface area contributed by atoms with Gasteiger partial charge in [-0.3, -0.25) is 0 Å². The van der Waals surface area contributed by atoms with Crippen LogP contribution in [0.3, 0.4) is 0 Å². The fourth-order valence-corrected chi connectivity index (χ4v) is 2.92. The minimum absolute atomic E-state index is 0.271. The van der Waals surface area contributed by atoms with E-state index in [4.69, 9.17) is 55.9 Å². The summed E-state index contributed by atoms with van der Waals surface area (Å²) in [6.45, 7) is 2.33. The Labute approximate surface area is 154 Å². The normalized spacial score (nSPS) is 11.7. The number of benzene rings is 1. The molecule has 0 bridgehead atoms. The Bertz CT molecular complexity index is 722. The van der Waals surface area contributed by atoms with Crippen LogP contribution >= 0.6 is 46.4 Å². The van der Waals surface area contributed by atoms with Crippen molar-refractivity contribution < 1.29 is 14.3 Å². The summed E-state index contributed by atoms with van der Waals surface area (Å²) in [5.41, 5.74) is 1.45. The Hall–Kier alpha value is -0.810. The highest BCUT2D eigenvalue weighted by Crippen LogP contribution is 2.44. The number of hydrogen-bond donors (Lipinski definition) is 0. The number of halogens is 4. The van der Waals surface area contributed by atoms with Crippen molar-refractivity contribution in [2.24, 2.45) is 7.05 Å². The van der Waals surface area contributed by atoms with Gasteiger partial charge in [0.2, 0.25) is 3.79 Å². The molecule has 8 heteroatoms.